The van der Waals surface area contributed by atoms with E-state index in [2.05, 4.69) is 15.5 Å². The first-order valence-electron chi connectivity index (χ1n) is 7.41. The number of aromatic nitrogens is 1. The molecular weight excluding hydrogens is 339 g/mol. The summed E-state index contributed by atoms with van der Waals surface area (Å²) in [6, 6.07) is 11.2. The Balaban J connectivity index is 2.02. The molecule has 0 aliphatic carbocycles. The molecule has 0 saturated heterocycles. The number of aryl methyl sites for hydroxylation is 1. The molecule has 0 radical (unpaired) electrons. The van der Waals surface area contributed by atoms with Crippen molar-refractivity contribution in [3.8, 4) is 34.8 Å². The number of methoxy groups -OCH3 is 2. The molecule has 3 aromatic rings. The minimum Gasteiger partial charge on any atom is -0.493 e. The van der Waals surface area contributed by atoms with Gasteiger partial charge in [-0.2, -0.15) is 5.26 Å². The second-order valence-corrected chi connectivity index (χ2v) is 5.56. The van der Waals surface area contributed by atoms with Gasteiger partial charge in [-0.1, -0.05) is 0 Å². The zero-order chi connectivity index (χ0) is 18.0. The van der Waals surface area contributed by atoms with Crippen LogP contribution in [0, 0.1) is 11.3 Å². The van der Waals surface area contributed by atoms with Crippen molar-refractivity contribution >= 4 is 20.4 Å². The van der Waals surface area contributed by atoms with Crippen molar-refractivity contribution in [2.75, 3.05) is 14.2 Å². The van der Waals surface area contributed by atoms with Crippen LogP contribution in [0.25, 0.3) is 10.9 Å². The van der Waals surface area contributed by atoms with Crippen LogP contribution in [-0.4, -0.2) is 18.8 Å². The number of benzene rings is 2. The van der Waals surface area contributed by atoms with Gasteiger partial charge in [-0.3, -0.25) is 0 Å². The summed E-state index contributed by atoms with van der Waals surface area (Å²) in [5.41, 5.74) is 1.57. The molecule has 0 fully saturated rings. The lowest BCUT2D eigenvalue weighted by molar-refractivity contribution is 0.364. The standard InChI is InChI=1S/C18H17N2O4P/c1-20-10-11(9-19)14-6-12(4-5-15(14)20)23-13-7-16(21-2)18(24-25)17(8-13)22-3/h4-8,10H,25H2,1-3H3. The van der Waals surface area contributed by atoms with E-state index in [4.69, 9.17) is 18.7 Å². The predicted octanol–water partition coefficient (Wildman–Crippen LogP) is 4.03. The van der Waals surface area contributed by atoms with Crippen molar-refractivity contribution < 1.29 is 18.7 Å². The third-order valence-electron chi connectivity index (χ3n) is 3.87. The number of hydrogen-bond acceptors (Lipinski definition) is 5. The largest absolute Gasteiger partial charge is 0.493 e. The lowest BCUT2D eigenvalue weighted by atomic mass is 10.2. The second kappa shape index (κ2) is 6.92. The quantitative estimate of drug-likeness (QED) is 0.646. The Kier molecular flexibility index (Phi) is 4.69. The Morgan fingerprint density at radius 2 is 1.72 bits per heavy atom. The third-order valence-corrected chi connectivity index (χ3v) is 4.10. The summed E-state index contributed by atoms with van der Waals surface area (Å²) in [6.45, 7) is 0. The zero-order valence-electron chi connectivity index (χ0n) is 14.1. The average molecular weight is 356 g/mol. The molecule has 128 valence electrons. The molecule has 0 amide bonds. The summed E-state index contributed by atoms with van der Waals surface area (Å²) >= 11 is 0. The SMILES string of the molecule is COc1cc(Oc2ccc3c(c2)c(C#N)cn3C)cc(OC)c1OP. The van der Waals surface area contributed by atoms with Gasteiger partial charge in [0.05, 0.1) is 29.2 Å². The van der Waals surface area contributed by atoms with Gasteiger partial charge in [-0.15, -0.1) is 0 Å². The number of ether oxygens (including phenoxy) is 3. The van der Waals surface area contributed by atoms with Crippen LogP contribution in [-0.2, 0) is 7.05 Å². The Hall–Kier alpha value is -2.90. The lowest BCUT2D eigenvalue weighted by Crippen LogP contribution is -1.94. The first-order chi connectivity index (χ1) is 12.1. The molecule has 1 atom stereocenters. The maximum absolute atomic E-state index is 9.27. The van der Waals surface area contributed by atoms with E-state index >= 15 is 0 Å². The van der Waals surface area contributed by atoms with E-state index in [9.17, 15) is 5.26 Å². The average Bonchev–Trinajstić information content (AvgIpc) is 2.96. The maximum atomic E-state index is 9.27. The molecule has 0 N–H and O–H groups in total. The lowest BCUT2D eigenvalue weighted by Gasteiger charge is -2.14. The van der Waals surface area contributed by atoms with Gasteiger partial charge in [-0.05, 0) is 18.2 Å². The third kappa shape index (κ3) is 3.07. The molecule has 0 saturated carbocycles. The monoisotopic (exact) mass is 356 g/mol. The van der Waals surface area contributed by atoms with Crippen molar-refractivity contribution in [3.63, 3.8) is 0 Å². The van der Waals surface area contributed by atoms with Crippen LogP contribution in [0.1, 0.15) is 5.56 Å². The first-order valence-corrected chi connectivity index (χ1v) is 7.88. The summed E-state index contributed by atoms with van der Waals surface area (Å²) in [5, 5.41) is 10.1. The van der Waals surface area contributed by atoms with Gasteiger partial charge in [0.1, 0.15) is 17.6 Å². The van der Waals surface area contributed by atoms with E-state index in [1.54, 1.807) is 32.5 Å². The minimum absolute atomic E-state index is 0.465. The van der Waals surface area contributed by atoms with Gasteiger partial charge in [-0.25, -0.2) is 0 Å². The van der Waals surface area contributed by atoms with Gasteiger partial charge in [0, 0.05) is 36.3 Å². The highest BCUT2D eigenvalue weighted by molar-refractivity contribution is 7.10. The van der Waals surface area contributed by atoms with Gasteiger partial charge >= 0.3 is 0 Å². The van der Waals surface area contributed by atoms with Crippen molar-refractivity contribution in [2.45, 2.75) is 0 Å². The molecule has 0 aliphatic rings. The molecule has 0 spiro atoms. The van der Waals surface area contributed by atoms with Gasteiger partial charge in [0.15, 0.2) is 11.5 Å². The molecule has 1 unspecified atom stereocenters. The smallest absolute Gasteiger partial charge is 0.206 e. The van der Waals surface area contributed by atoms with Crippen molar-refractivity contribution in [3.05, 3.63) is 42.1 Å². The number of nitrogens with zero attached hydrogens (tertiary/aromatic N) is 2. The van der Waals surface area contributed by atoms with Crippen molar-refractivity contribution in [2.24, 2.45) is 7.05 Å². The number of nitriles is 1. The summed E-state index contributed by atoms with van der Waals surface area (Å²) in [4.78, 5) is 0. The van der Waals surface area contributed by atoms with Gasteiger partial charge in [0.25, 0.3) is 0 Å². The van der Waals surface area contributed by atoms with Crippen LogP contribution < -0.4 is 18.7 Å². The molecule has 6 nitrogen and oxygen atoms in total. The summed E-state index contributed by atoms with van der Waals surface area (Å²) in [7, 11) is 7.16. The van der Waals surface area contributed by atoms with E-state index in [1.807, 2.05) is 29.8 Å². The van der Waals surface area contributed by atoms with E-state index in [-0.39, 0.29) is 0 Å². The van der Waals surface area contributed by atoms with E-state index < -0.39 is 0 Å². The Morgan fingerprint density at radius 1 is 1.04 bits per heavy atom. The summed E-state index contributed by atoms with van der Waals surface area (Å²) < 4.78 is 23.7. The maximum Gasteiger partial charge on any atom is 0.206 e. The first kappa shape index (κ1) is 16.9. The molecule has 0 aliphatic heterocycles. The number of fused-ring (bicyclic) bond motifs is 1. The molecular formula is C18H17N2O4P. The summed E-state index contributed by atoms with van der Waals surface area (Å²) in [5.74, 6) is 2.59. The fourth-order valence-corrected chi connectivity index (χ4v) is 2.92. The van der Waals surface area contributed by atoms with E-state index in [0.717, 1.165) is 10.9 Å². The molecule has 0 bridgehead atoms. The normalized spacial score (nSPS) is 10.4. The molecule has 1 heterocycles. The van der Waals surface area contributed by atoms with Crippen LogP contribution in [0.3, 0.4) is 0 Å². The van der Waals surface area contributed by atoms with Crippen LogP contribution >= 0.6 is 9.47 Å². The molecule has 7 heteroatoms. The fraction of sp³-hybridized carbons (Fsp3) is 0.167. The van der Waals surface area contributed by atoms with Crippen LogP contribution in [0.15, 0.2) is 36.5 Å². The zero-order valence-corrected chi connectivity index (χ0v) is 15.2. The highest BCUT2D eigenvalue weighted by atomic mass is 31.0. The molecule has 1 aromatic heterocycles. The predicted molar refractivity (Wildman–Crippen MR) is 97.6 cm³/mol. The fourth-order valence-electron chi connectivity index (χ4n) is 2.69. The number of hydrogen-bond donors (Lipinski definition) is 0. The summed E-state index contributed by atoms with van der Waals surface area (Å²) in [6.07, 6.45) is 1.80. The second-order valence-electron chi connectivity index (χ2n) is 5.32. The molecule has 25 heavy (non-hydrogen) atoms. The van der Waals surface area contributed by atoms with Gasteiger partial charge in [0.2, 0.25) is 5.75 Å². The van der Waals surface area contributed by atoms with Gasteiger partial charge < -0.3 is 23.3 Å². The van der Waals surface area contributed by atoms with Crippen molar-refractivity contribution in [1.82, 2.24) is 4.57 Å². The highest BCUT2D eigenvalue weighted by Gasteiger charge is 2.15. The highest BCUT2D eigenvalue weighted by Crippen LogP contribution is 2.43. The minimum atomic E-state index is 0.465. The number of rotatable bonds is 5. The van der Waals surface area contributed by atoms with E-state index in [1.165, 1.54) is 0 Å². The molecule has 2 aromatic carbocycles. The van der Waals surface area contributed by atoms with Crippen molar-refractivity contribution in [1.29, 1.82) is 5.26 Å². The Morgan fingerprint density at radius 3 is 2.28 bits per heavy atom. The Bertz CT molecular complexity index is 950. The van der Waals surface area contributed by atoms with Crippen LogP contribution in [0.2, 0.25) is 0 Å². The molecule has 3 rings (SSSR count). The topological polar surface area (TPSA) is 65.6 Å². The van der Waals surface area contributed by atoms with Crippen LogP contribution in [0.5, 0.6) is 28.7 Å². The van der Waals surface area contributed by atoms with E-state index in [0.29, 0.717) is 34.3 Å². The Labute approximate surface area is 147 Å². The van der Waals surface area contributed by atoms with Crippen LogP contribution in [0.4, 0.5) is 0 Å².